The summed E-state index contributed by atoms with van der Waals surface area (Å²) in [5.74, 6) is -4.68. The van der Waals surface area contributed by atoms with Gasteiger partial charge in [-0.05, 0) is 74.7 Å². The van der Waals surface area contributed by atoms with Gasteiger partial charge in [0, 0.05) is 12.0 Å². The molecular formula is C25H23F9N2O3. The second-order valence-electron chi connectivity index (χ2n) is 9.48. The number of rotatable bonds is 4. The van der Waals surface area contributed by atoms with Crippen LogP contribution in [-0.4, -0.2) is 24.1 Å². The summed E-state index contributed by atoms with van der Waals surface area (Å²) in [6.45, 7) is 4.50. The number of alkyl halides is 9. The molecular weight excluding hydrogens is 547 g/mol. The van der Waals surface area contributed by atoms with Crippen LogP contribution in [0.25, 0.3) is 0 Å². The molecule has 2 amide bonds. The standard InChI is InChI=1S/C25H23F9N2O3/c1-11(2)39-22(38)36-12(3)6-18(17-10-14(23(26,27)28)4-5-19(17)36)20(21(35)37)13-7-15(24(29,30)31)9-16(8-13)25(32,33)34/h4-5,7-12,18,20H,6H2,1-3H3,(H2,35,37)/t12-,18+,20-/m0/s1. The summed E-state index contributed by atoms with van der Waals surface area (Å²) in [5, 5.41) is 0. The number of benzene rings is 2. The van der Waals surface area contributed by atoms with Crippen molar-refractivity contribution in [2.45, 2.75) is 69.7 Å². The van der Waals surface area contributed by atoms with Crippen LogP contribution in [0.2, 0.25) is 0 Å². The number of halogens is 9. The Bertz CT molecular complexity index is 1220. The van der Waals surface area contributed by atoms with E-state index in [0.717, 1.165) is 11.0 Å². The van der Waals surface area contributed by atoms with Gasteiger partial charge in [0.1, 0.15) is 0 Å². The molecule has 2 N–H and O–H groups in total. The second kappa shape index (κ2) is 10.3. The molecule has 0 bridgehead atoms. The Morgan fingerprint density at radius 1 is 0.872 bits per heavy atom. The number of ether oxygens (including phenoxy) is 1. The molecule has 0 saturated heterocycles. The monoisotopic (exact) mass is 570 g/mol. The molecule has 2 aromatic carbocycles. The van der Waals surface area contributed by atoms with Crippen LogP contribution in [0.1, 0.15) is 66.8 Å². The summed E-state index contributed by atoms with van der Waals surface area (Å²) in [4.78, 5) is 26.4. The quantitative estimate of drug-likeness (QED) is 0.394. The average molecular weight is 570 g/mol. The zero-order valence-electron chi connectivity index (χ0n) is 20.6. The van der Waals surface area contributed by atoms with Gasteiger partial charge in [0.2, 0.25) is 5.91 Å². The number of carbonyl (C=O) groups is 2. The van der Waals surface area contributed by atoms with Crippen LogP contribution in [0.3, 0.4) is 0 Å². The molecule has 3 atom stereocenters. The van der Waals surface area contributed by atoms with Crippen LogP contribution >= 0.6 is 0 Å². The number of hydrogen-bond donors (Lipinski definition) is 1. The van der Waals surface area contributed by atoms with Crippen molar-refractivity contribution in [3.05, 3.63) is 64.2 Å². The van der Waals surface area contributed by atoms with E-state index < -0.39 is 76.8 Å². The Hall–Kier alpha value is -3.45. The van der Waals surface area contributed by atoms with Crippen molar-refractivity contribution in [3.63, 3.8) is 0 Å². The minimum absolute atomic E-state index is 0.135. The molecule has 0 aromatic heterocycles. The van der Waals surface area contributed by atoms with E-state index in [1.165, 1.54) is 20.8 Å². The summed E-state index contributed by atoms with van der Waals surface area (Å²) >= 11 is 0. The minimum atomic E-state index is -5.24. The largest absolute Gasteiger partial charge is 0.446 e. The van der Waals surface area contributed by atoms with Crippen LogP contribution in [0.4, 0.5) is 50.0 Å². The van der Waals surface area contributed by atoms with Crippen molar-refractivity contribution in [2.75, 3.05) is 4.90 Å². The van der Waals surface area contributed by atoms with Gasteiger partial charge in [-0.15, -0.1) is 0 Å². The van der Waals surface area contributed by atoms with Crippen molar-refractivity contribution in [3.8, 4) is 0 Å². The van der Waals surface area contributed by atoms with Crippen molar-refractivity contribution in [1.82, 2.24) is 0 Å². The SMILES string of the molecule is CC(C)OC(=O)N1c2ccc(C(F)(F)F)cc2[C@H]([C@@H](C(N)=O)c2cc(C(F)(F)F)cc(C(F)(F)F)c2)C[C@@H]1C. The van der Waals surface area contributed by atoms with Gasteiger partial charge < -0.3 is 10.5 Å². The third-order valence-electron chi connectivity index (χ3n) is 6.26. The van der Waals surface area contributed by atoms with Crippen molar-refractivity contribution < 1.29 is 53.8 Å². The predicted octanol–water partition coefficient (Wildman–Crippen LogP) is 7.24. The number of nitrogens with two attached hydrogens (primary N) is 1. The van der Waals surface area contributed by atoms with Gasteiger partial charge in [0.15, 0.2) is 0 Å². The van der Waals surface area contributed by atoms with Crippen LogP contribution < -0.4 is 10.6 Å². The predicted molar refractivity (Wildman–Crippen MR) is 121 cm³/mol. The Morgan fingerprint density at radius 2 is 1.38 bits per heavy atom. The summed E-state index contributed by atoms with van der Waals surface area (Å²) in [6, 6.07) is 1.83. The Kier molecular flexibility index (Phi) is 7.92. The van der Waals surface area contributed by atoms with E-state index in [4.69, 9.17) is 10.5 Å². The maximum Gasteiger partial charge on any atom is 0.416 e. The molecule has 0 unspecified atom stereocenters. The molecule has 39 heavy (non-hydrogen) atoms. The van der Waals surface area contributed by atoms with Crippen LogP contribution in [0.5, 0.6) is 0 Å². The zero-order valence-corrected chi connectivity index (χ0v) is 20.6. The van der Waals surface area contributed by atoms with Gasteiger partial charge in [0.25, 0.3) is 0 Å². The summed E-state index contributed by atoms with van der Waals surface area (Å²) in [5.41, 5.74) is -0.388. The maximum atomic E-state index is 13.6. The van der Waals surface area contributed by atoms with Gasteiger partial charge in [-0.2, -0.15) is 39.5 Å². The molecule has 1 aliphatic heterocycles. The molecule has 0 aliphatic carbocycles. The number of fused-ring (bicyclic) bond motifs is 1. The molecule has 0 radical (unpaired) electrons. The lowest BCUT2D eigenvalue weighted by molar-refractivity contribution is -0.143. The second-order valence-corrected chi connectivity index (χ2v) is 9.48. The molecule has 2 aromatic rings. The first-order valence-electron chi connectivity index (χ1n) is 11.5. The lowest BCUT2D eigenvalue weighted by Gasteiger charge is -2.41. The molecule has 0 fully saturated rings. The first-order chi connectivity index (χ1) is 17.7. The van der Waals surface area contributed by atoms with E-state index in [-0.39, 0.29) is 23.7 Å². The highest BCUT2D eigenvalue weighted by atomic mass is 19.4. The highest BCUT2D eigenvalue weighted by molar-refractivity contribution is 5.91. The Morgan fingerprint density at radius 3 is 1.82 bits per heavy atom. The Labute approximate surface area is 216 Å². The van der Waals surface area contributed by atoms with Crippen molar-refractivity contribution >= 4 is 17.7 Å². The van der Waals surface area contributed by atoms with Gasteiger partial charge in [-0.3, -0.25) is 9.69 Å². The van der Waals surface area contributed by atoms with E-state index in [1.54, 1.807) is 0 Å². The maximum absolute atomic E-state index is 13.6. The van der Waals surface area contributed by atoms with E-state index in [0.29, 0.717) is 24.3 Å². The van der Waals surface area contributed by atoms with Gasteiger partial charge >= 0.3 is 24.6 Å². The number of hydrogen-bond acceptors (Lipinski definition) is 3. The fourth-order valence-electron chi connectivity index (χ4n) is 4.69. The molecule has 1 aliphatic rings. The van der Waals surface area contributed by atoms with Crippen LogP contribution in [0, 0.1) is 0 Å². The highest BCUT2D eigenvalue weighted by Gasteiger charge is 2.44. The molecule has 3 rings (SSSR count). The lowest BCUT2D eigenvalue weighted by Crippen LogP contribution is -2.46. The number of amides is 2. The van der Waals surface area contributed by atoms with E-state index in [9.17, 15) is 49.1 Å². The first-order valence-corrected chi connectivity index (χ1v) is 11.5. The van der Waals surface area contributed by atoms with Gasteiger partial charge in [0.05, 0.1) is 34.4 Å². The van der Waals surface area contributed by atoms with Gasteiger partial charge in [-0.1, -0.05) is 0 Å². The molecule has 14 heteroatoms. The Balaban J connectivity index is 2.29. The third-order valence-corrected chi connectivity index (χ3v) is 6.26. The molecule has 214 valence electrons. The van der Waals surface area contributed by atoms with E-state index in [1.807, 2.05) is 0 Å². The molecule has 0 saturated carbocycles. The molecule has 1 heterocycles. The zero-order chi connectivity index (χ0) is 29.7. The fraction of sp³-hybridized carbons (Fsp3) is 0.440. The number of anilines is 1. The summed E-state index contributed by atoms with van der Waals surface area (Å²) in [7, 11) is 0. The summed E-state index contributed by atoms with van der Waals surface area (Å²) in [6.07, 6.45) is -17.3. The van der Waals surface area contributed by atoms with Crippen LogP contribution in [0.15, 0.2) is 36.4 Å². The van der Waals surface area contributed by atoms with E-state index >= 15 is 0 Å². The van der Waals surface area contributed by atoms with Crippen molar-refractivity contribution in [2.24, 2.45) is 5.73 Å². The van der Waals surface area contributed by atoms with Crippen LogP contribution in [-0.2, 0) is 28.1 Å². The van der Waals surface area contributed by atoms with Gasteiger partial charge in [-0.25, -0.2) is 4.79 Å². The third kappa shape index (κ3) is 6.41. The normalized spacial score (nSPS) is 19.1. The number of primary amides is 1. The fourth-order valence-corrected chi connectivity index (χ4v) is 4.69. The number of nitrogens with zero attached hydrogens (tertiary/aromatic N) is 1. The molecule has 0 spiro atoms. The highest BCUT2D eigenvalue weighted by Crippen LogP contribution is 2.49. The first kappa shape index (κ1) is 30.1. The van der Waals surface area contributed by atoms with Crippen molar-refractivity contribution in [1.29, 1.82) is 0 Å². The lowest BCUT2D eigenvalue weighted by atomic mass is 9.73. The smallest absolute Gasteiger partial charge is 0.416 e. The summed E-state index contributed by atoms with van der Waals surface area (Å²) < 4.78 is 127. The average Bonchev–Trinajstić information content (AvgIpc) is 2.76. The minimum Gasteiger partial charge on any atom is -0.446 e. The number of carbonyl (C=O) groups excluding carboxylic acids is 2. The van der Waals surface area contributed by atoms with E-state index in [2.05, 4.69) is 0 Å². The topological polar surface area (TPSA) is 72.6 Å². The molecule has 5 nitrogen and oxygen atoms in total.